The van der Waals surface area contributed by atoms with Crippen molar-refractivity contribution >= 4 is 6.09 Å². The first-order valence-corrected chi connectivity index (χ1v) is 6.50. The van der Waals surface area contributed by atoms with Gasteiger partial charge in [-0.2, -0.15) is 5.10 Å². The molecule has 21 heavy (non-hydrogen) atoms. The number of halogens is 2. The van der Waals surface area contributed by atoms with Gasteiger partial charge in [0.2, 0.25) is 0 Å². The molecule has 1 atom stereocenters. The van der Waals surface area contributed by atoms with Crippen LogP contribution in [-0.2, 0) is 6.42 Å². The van der Waals surface area contributed by atoms with E-state index in [9.17, 15) is 13.6 Å². The second-order valence-corrected chi connectivity index (χ2v) is 5.02. The third-order valence-electron chi connectivity index (χ3n) is 3.76. The van der Waals surface area contributed by atoms with Gasteiger partial charge in [-0.3, -0.25) is 10.00 Å². The number of carbonyl (C=O) groups is 1. The number of nitrogens with one attached hydrogen (secondary N) is 1. The van der Waals surface area contributed by atoms with Gasteiger partial charge in [0.1, 0.15) is 11.6 Å². The highest BCUT2D eigenvalue weighted by atomic mass is 19.1. The first-order valence-electron chi connectivity index (χ1n) is 6.50. The summed E-state index contributed by atoms with van der Waals surface area (Å²) in [6, 6.07) is 2.87. The van der Waals surface area contributed by atoms with Gasteiger partial charge in [0.15, 0.2) is 0 Å². The highest BCUT2D eigenvalue weighted by Gasteiger charge is 2.31. The van der Waals surface area contributed by atoms with E-state index in [1.807, 2.05) is 0 Å². The minimum atomic E-state index is -1.01. The molecule has 110 valence electrons. The predicted octanol–water partition coefficient (Wildman–Crippen LogP) is 2.95. The maximum Gasteiger partial charge on any atom is 0.407 e. The quantitative estimate of drug-likeness (QED) is 0.849. The third-order valence-corrected chi connectivity index (χ3v) is 3.76. The third kappa shape index (κ3) is 2.24. The molecule has 2 N–H and O–H groups in total. The Balaban J connectivity index is 2.05. The van der Waals surface area contributed by atoms with E-state index in [2.05, 4.69) is 10.2 Å². The largest absolute Gasteiger partial charge is 0.465 e. The molecule has 0 radical (unpaired) electrons. The van der Waals surface area contributed by atoms with Gasteiger partial charge in [-0.1, -0.05) is 0 Å². The first-order chi connectivity index (χ1) is 9.97. The summed E-state index contributed by atoms with van der Waals surface area (Å²) in [5, 5.41) is 16.0. The molecule has 5 nitrogen and oxygen atoms in total. The fourth-order valence-corrected chi connectivity index (χ4v) is 2.75. The van der Waals surface area contributed by atoms with Crippen LogP contribution in [-0.4, -0.2) is 32.8 Å². The van der Waals surface area contributed by atoms with Crippen molar-refractivity contribution in [3.8, 4) is 11.3 Å². The molecule has 1 aromatic carbocycles. The molecule has 1 aliphatic rings. The summed E-state index contributed by atoms with van der Waals surface area (Å²) < 4.78 is 26.7. The zero-order valence-electron chi connectivity index (χ0n) is 11.2. The van der Waals surface area contributed by atoms with E-state index in [1.54, 1.807) is 6.92 Å². The van der Waals surface area contributed by atoms with E-state index in [1.165, 1.54) is 17.0 Å². The van der Waals surface area contributed by atoms with E-state index in [0.717, 1.165) is 11.6 Å². The zero-order valence-corrected chi connectivity index (χ0v) is 11.2. The zero-order chi connectivity index (χ0) is 15.1. The van der Waals surface area contributed by atoms with Gasteiger partial charge >= 0.3 is 6.09 Å². The van der Waals surface area contributed by atoms with Gasteiger partial charge in [0, 0.05) is 23.7 Å². The van der Waals surface area contributed by atoms with Crippen LogP contribution in [0.25, 0.3) is 11.3 Å². The van der Waals surface area contributed by atoms with Gasteiger partial charge in [-0.15, -0.1) is 0 Å². The molecule has 1 unspecified atom stereocenters. The second-order valence-electron chi connectivity index (χ2n) is 5.02. The number of amides is 1. The lowest BCUT2D eigenvalue weighted by Crippen LogP contribution is -2.37. The molecule has 1 aromatic heterocycles. The summed E-state index contributed by atoms with van der Waals surface area (Å²) in [7, 11) is 0. The summed E-state index contributed by atoms with van der Waals surface area (Å²) in [4.78, 5) is 12.4. The fourth-order valence-electron chi connectivity index (χ4n) is 2.75. The molecule has 0 spiro atoms. The van der Waals surface area contributed by atoms with Crippen LogP contribution < -0.4 is 0 Å². The molecular formula is C14H13F2N3O2. The monoisotopic (exact) mass is 293 g/mol. The Morgan fingerprint density at radius 3 is 2.67 bits per heavy atom. The van der Waals surface area contributed by atoms with E-state index < -0.39 is 23.8 Å². The standard InChI is InChI=1S/C14H13F2N3O2/c1-7-12-11(2-3-19(7)14(20)21)13(18-17-12)8-4-9(15)6-10(16)5-8/h4-7H,2-3H2,1H3,(H,17,18)(H,20,21). The van der Waals surface area contributed by atoms with Crippen molar-refractivity contribution in [2.24, 2.45) is 0 Å². The van der Waals surface area contributed by atoms with E-state index in [0.29, 0.717) is 29.9 Å². The van der Waals surface area contributed by atoms with Crippen molar-refractivity contribution in [3.05, 3.63) is 41.1 Å². The number of hydrogen-bond acceptors (Lipinski definition) is 2. The lowest BCUT2D eigenvalue weighted by atomic mass is 9.96. The number of rotatable bonds is 1. The minimum absolute atomic E-state index is 0.327. The molecule has 1 aliphatic heterocycles. The molecular weight excluding hydrogens is 280 g/mol. The normalized spacial score (nSPS) is 17.7. The van der Waals surface area contributed by atoms with Crippen LogP contribution in [0.1, 0.15) is 24.2 Å². The summed E-state index contributed by atoms with van der Waals surface area (Å²) in [6.07, 6.45) is -0.551. The van der Waals surface area contributed by atoms with Crippen molar-refractivity contribution < 1.29 is 18.7 Å². The molecule has 3 rings (SSSR count). The number of carboxylic acid groups (broad SMARTS) is 1. The lowest BCUT2D eigenvalue weighted by molar-refractivity contribution is 0.123. The van der Waals surface area contributed by atoms with Crippen LogP contribution >= 0.6 is 0 Å². The Hall–Kier alpha value is -2.44. The van der Waals surface area contributed by atoms with Gasteiger partial charge in [0.25, 0.3) is 0 Å². The predicted molar refractivity (Wildman–Crippen MR) is 70.8 cm³/mol. The molecule has 0 aliphatic carbocycles. The number of hydrogen-bond donors (Lipinski definition) is 2. The average Bonchev–Trinajstić information content (AvgIpc) is 2.82. The highest BCUT2D eigenvalue weighted by Crippen LogP contribution is 2.34. The first kappa shape index (κ1) is 13.5. The maximum atomic E-state index is 13.3. The van der Waals surface area contributed by atoms with Crippen LogP contribution in [0.2, 0.25) is 0 Å². The molecule has 0 bridgehead atoms. The Morgan fingerprint density at radius 2 is 2.05 bits per heavy atom. The van der Waals surface area contributed by atoms with Crippen LogP contribution in [0.15, 0.2) is 18.2 Å². The topological polar surface area (TPSA) is 69.2 Å². The lowest BCUT2D eigenvalue weighted by Gasteiger charge is -2.30. The smallest absolute Gasteiger partial charge is 0.407 e. The number of fused-ring (bicyclic) bond motifs is 1. The van der Waals surface area contributed by atoms with Crippen LogP contribution in [0.3, 0.4) is 0 Å². The van der Waals surface area contributed by atoms with E-state index in [-0.39, 0.29) is 0 Å². The summed E-state index contributed by atoms with van der Waals surface area (Å²) in [5.41, 5.74) is 2.32. The SMILES string of the molecule is CC1c2n[nH]c(-c3cc(F)cc(F)c3)c2CCN1C(=O)O. The van der Waals surface area contributed by atoms with Crippen LogP contribution in [0, 0.1) is 11.6 Å². The van der Waals surface area contributed by atoms with Crippen molar-refractivity contribution in [2.75, 3.05) is 6.54 Å². The Kier molecular flexibility index (Phi) is 3.12. The number of H-pyrrole nitrogens is 1. The number of aromatic amines is 1. The molecule has 2 heterocycles. The average molecular weight is 293 g/mol. The van der Waals surface area contributed by atoms with E-state index >= 15 is 0 Å². The van der Waals surface area contributed by atoms with E-state index in [4.69, 9.17) is 5.11 Å². The Labute approximate surface area is 119 Å². The minimum Gasteiger partial charge on any atom is -0.465 e. The molecule has 0 saturated carbocycles. The second kappa shape index (κ2) is 4.83. The molecule has 1 amide bonds. The number of nitrogens with zero attached hydrogens (tertiary/aromatic N) is 2. The van der Waals surface area contributed by atoms with Gasteiger partial charge in [-0.25, -0.2) is 13.6 Å². The van der Waals surface area contributed by atoms with Gasteiger partial charge < -0.3 is 5.11 Å². The van der Waals surface area contributed by atoms with Crippen LogP contribution in [0.5, 0.6) is 0 Å². The maximum absolute atomic E-state index is 13.3. The molecule has 2 aromatic rings. The van der Waals surface area contributed by atoms with Crippen LogP contribution in [0.4, 0.5) is 13.6 Å². The summed E-state index contributed by atoms with van der Waals surface area (Å²) in [6.45, 7) is 2.07. The van der Waals surface area contributed by atoms with Crippen molar-refractivity contribution in [1.82, 2.24) is 15.1 Å². The molecule has 0 fully saturated rings. The Morgan fingerprint density at radius 1 is 1.38 bits per heavy atom. The Bertz CT molecular complexity index is 694. The van der Waals surface area contributed by atoms with Gasteiger partial charge in [0.05, 0.1) is 17.4 Å². The molecule has 7 heteroatoms. The van der Waals surface area contributed by atoms with Gasteiger partial charge in [-0.05, 0) is 25.5 Å². The molecule has 0 saturated heterocycles. The van der Waals surface area contributed by atoms with Crippen molar-refractivity contribution in [2.45, 2.75) is 19.4 Å². The fraction of sp³-hybridized carbons (Fsp3) is 0.286. The van der Waals surface area contributed by atoms with Crippen molar-refractivity contribution in [1.29, 1.82) is 0 Å². The summed E-state index contributed by atoms with van der Waals surface area (Å²) in [5.74, 6) is -1.33. The highest BCUT2D eigenvalue weighted by molar-refractivity contribution is 5.69. The summed E-state index contributed by atoms with van der Waals surface area (Å²) >= 11 is 0. The number of benzene rings is 1. The number of aromatic nitrogens is 2. The van der Waals surface area contributed by atoms with Crippen molar-refractivity contribution in [3.63, 3.8) is 0 Å².